The molecule has 9 nitrogen and oxygen atoms in total. The number of nitrogens with one attached hydrogen (secondary N) is 1. The number of amides is 2. The van der Waals surface area contributed by atoms with Crippen LogP contribution in [0.5, 0.6) is 0 Å². The van der Waals surface area contributed by atoms with Crippen LogP contribution in [0.15, 0.2) is 59.3 Å². The van der Waals surface area contributed by atoms with Crippen molar-refractivity contribution in [2.24, 2.45) is 0 Å². The molecule has 0 saturated heterocycles. The number of fused-ring (bicyclic) bond motifs is 3. The summed E-state index contributed by atoms with van der Waals surface area (Å²) in [5.74, 6) is -1.64. The number of carbonyl (C=O) groups excluding carboxylic acids is 2. The Balaban J connectivity index is 1.39. The number of carboxylic acids is 1. The van der Waals surface area contributed by atoms with Crippen molar-refractivity contribution < 1.29 is 28.6 Å². The van der Waals surface area contributed by atoms with E-state index in [4.69, 9.17) is 9.15 Å². The first kappa shape index (κ1) is 24.0. The summed E-state index contributed by atoms with van der Waals surface area (Å²) in [5.41, 5.74) is 4.44. The van der Waals surface area contributed by atoms with Crippen molar-refractivity contribution >= 4 is 18.0 Å². The number of aromatic nitrogens is 1. The molecule has 2 N–H and O–H groups in total. The minimum atomic E-state index is -1.12. The fourth-order valence-corrected chi connectivity index (χ4v) is 4.30. The molecule has 0 aliphatic heterocycles. The average Bonchev–Trinajstić information content (AvgIpc) is 3.46. The van der Waals surface area contributed by atoms with Gasteiger partial charge in [0.05, 0.1) is 6.54 Å². The summed E-state index contributed by atoms with van der Waals surface area (Å²) in [7, 11) is 0. The zero-order chi connectivity index (χ0) is 24.9. The van der Waals surface area contributed by atoms with Gasteiger partial charge in [-0.3, -0.25) is 9.59 Å². The third-order valence-corrected chi connectivity index (χ3v) is 6.27. The van der Waals surface area contributed by atoms with E-state index in [1.165, 1.54) is 4.90 Å². The Hall–Kier alpha value is -4.14. The van der Waals surface area contributed by atoms with E-state index in [2.05, 4.69) is 22.4 Å². The molecule has 0 saturated carbocycles. The van der Waals surface area contributed by atoms with Crippen molar-refractivity contribution in [3.63, 3.8) is 0 Å². The van der Waals surface area contributed by atoms with Crippen LogP contribution in [-0.4, -0.2) is 52.2 Å². The molecule has 0 spiro atoms. The van der Waals surface area contributed by atoms with Crippen LogP contribution in [0, 0.1) is 0 Å². The molecule has 2 amide bonds. The molecule has 9 heteroatoms. The van der Waals surface area contributed by atoms with Crippen molar-refractivity contribution in [1.82, 2.24) is 15.2 Å². The standard InChI is InChI=1S/C26H27N3O6/c1-3-16(2)29(13-23(30)31)25(32)24-22(35-15-28-24)12-27-26(33)34-14-21-19-10-6-4-8-17(19)18-9-5-7-11-20(18)21/h4-11,15-16,21H,3,12-14H2,1-2H3,(H,27,33)(H,30,31). The van der Waals surface area contributed by atoms with Crippen LogP contribution in [-0.2, 0) is 16.1 Å². The highest BCUT2D eigenvalue weighted by Gasteiger charge is 2.30. The van der Waals surface area contributed by atoms with Gasteiger partial charge in [0.2, 0.25) is 0 Å². The van der Waals surface area contributed by atoms with E-state index in [0.717, 1.165) is 28.6 Å². The first-order valence-corrected chi connectivity index (χ1v) is 11.4. The molecule has 1 heterocycles. The molecule has 0 radical (unpaired) electrons. The number of benzene rings is 2. The van der Waals surface area contributed by atoms with E-state index in [-0.39, 0.29) is 36.6 Å². The Kier molecular flexibility index (Phi) is 7.14. The van der Waals surface area contributed by atoms with Gasteiger partial charge in [0.15, 0.2) is 17.8 Å². The van der Waals surface area contributed by atoms with Crippen molar-refractivity contribution in [3.8, 4) is 11.1 Å². The maximum absolute atomic E-state index is 12.9. The van der Waals surface area contributed by atoms with Crippen LogP contribution >= 0.6 is 0 Å². The van der Waals surface area contributed by atoms with E-state index in [9.17, 15) is 19.5 Å². The lowest BCUT2D eigenvalue weighted by Crippen LogP contribution is -2.42. The Morgan fingerprint density at radius 2 is 1.74 bits per heavy atom. The lowest BCUT2D eigenvalue weighted by atomic mass is 9.98. The number of hydrogen-bond acceptors (Lipinski definition) is 6. The van der Waals surface area contributed by atoms with Crippen molar-refractivity contribution in [1.29, 1.82) is 0 Å². The van der Waals surface area contributed by atoms with Crippen LogP contribution < -0.4 is 5.32 Å². The normalized spacial score (nSPS) is 13.0. The highest BCUT2D eigenvalue weighted by molar-refractivity contribution is 5.95. The first-order valence-electron chi connectivity index (χ1n) is 11.4. The van der Waals surface area contributed by atoms with E-state index < -0.39 is 24.5 Å². The highest BCUT2D eigenvalue weighted by Crippen LogP contribution is 2.44. The first-order chi connectivity index (χ1) is 16.9. The quantitative estimate of drug-likeness (QED) is 0.477. The van der Waals surface area contributed by atoms with Crippen molar-refractivity contribution in [3.05, 3.63) is 77.5 Å². The van der Waals surface area contributed by atoms with Gasteiger partial charge in [0.25, 0.3) is 5.91 Å². The van der Waals surface area contributed by atoms with E-state index in [0.29, 0.717) is 6.42 Å². The van der Waals surface area contributed by atoms with Gasteiger partial charge in [-0.15, -0.1) is 0 Å². The number of carbonyl (C=O) groups is 3. The van der Waals surface area contributed by atoms with Crippen LogP contribution in [0.25, 0.3) is 11.1 Å². The van der Waals surface area contributed by atoms with Gasteiger partial charge in [-0.05, 0) is 35.6 Å². The molecule has 1 aliphatic rings. The second-order valence-corrected chi connectivity index (χ2v) is 8.39. The largest absolute Gasteiger partial charge is 0.480 e. The number of rotatable bonds is 9. The molecular weight excluding hydrogens is 450 g/mol. The average molecular weight is 478 g/mol. The van der Waals surface area contributed by atoms with Gasteiger partial charge in [-0.25, -0.2) is 9.78 Å². The van der Waals surface area contributed by atoms with Crippen LogP contribution in [0.2, 0.25) is 0 Å². The van der Waals surface area contributed by atoms with Gasteiger partial charge in [0.1, 0.15) is 13.2 Å². The molecule has 1 atom stereocenters. The summed E-state index contributed by atoms with van der Waals surface area (Å²) in [6, 6.07) is 15.8. The second kappa shape index (κ2) is 10.4. The monoisotopic (exact) mass is 477 g/mol. The molecule has 0 bridgehead atoms. The molecule has 1 unspecified atom stereocenters. The maximum atomic E-state index is 12.9. The van der Waals surface area contributed by atoms with Gasteiger partial charge in [-0.2, -0.15) is 0 Å². The molecule has 4 rings (SSSR count). The lowest BCUT2D eigenvalue weighted by Gasteiger charge is -2.26. The number of hydrogen-bond donors (Lipinski definition) is 2. The molecule has 1 aliphatic carbocycles. The summed E-state index contributed by atoms with van der Waals surface area (Å²) in [6.45, 7) is 3.19. The Morgan fingerprint density at radius 3 is 2.34 bits per heavy atom. The maximum Gasteiger partial charge on any atom is 0.407 e. The second-order valence-electron chi connectivity index (χ2n) is 8.39. The Bertz CT molecular complexity index is 1190. The number of oxazole rings is 1. The highest BCUT2D eigenvalue weighted by atomic mass is 16.5. The minimum Gasteiger partial charge on any atom is -0.480 e. The number of ether oxygens (including phenoxy) is 1. The van der Waals surface area contributed by atoms with Crippen molar-refractivity contribution in [2.45, 2.75) is 38.8 Å². The molecule has 2 aromatic carbocycles. The third kappa shape index (κ3) is 5.03. The molecule has 1 aromatic heterocycles. The van der Waals surface area contributed by atoms with Crippen molar-refractivity contribution in [2.75, 3.05) is 13.2 Å². The SMILES string of the molecule is CCC(C)N(CC(=O)O)C(=O)c1ncoc1CNC(=O)OCC1c2ccccc2-c2ccccc21. The summed E-state index contributed by atoms with van der Waals surface area (Å²) < 4.78 is 10.8. The molecule has 3 aromatic rings. The van der Waals surface area contributed by atoms with Gasteiger partial charge in [-0.1, -0.05) is 55.5 Å². The molecule has 0 fully saturated rings. The fourth-order valence-electron chi connectivity index (χ4n) is 4.30. The number of aliphatic carboxylic acids is 1. The summed E-state index contributed by atoms with van der Waals surface area (Å²) in [4.78, 5) is 41.8. The number of carboxylic acid groups (broad SMARTS) is 1. The predicted octanol–water partition coefficient (Wildman–Crippen LogP) is 4.04. The molecular formula is C26H27N3O6. The number of alkyl carbamates (subject to hydrolysis) is 1. The van der Waals surface area contributed by atoms with E-state index >= 15 is 0 Å². The Morgan fingerprint density at radius 1 is 1.11 bits per heavy atom. The third-order valence-electron chi connectivity index (χ3n) is 6.27. The minimum absolute atomic E-state index is 0.0366. The van der Waals surface area contributed by atoms with Gasteiger partial charge < -0.3 is 24.5 Å². The smallest absolute Gasteiger partial charge is 0.407 e. The summed E-state index contributed by atoms with van der Waals surface area (Å²) in [5, 5.41) is 11.8. The predicted molar refractivity (Wildman–Crippen MR) is 127 cm³/mol. The Labute approximate surface area is 202 Å². The van der Waals surface area contributed by atoms with E-state index in [1.54, 1.807) is 6.92 Å². The zero-order valence-corrected chi connectivity index (χ0v) is 19.6. The van der Waals surface area contributed by atoms with Crippen LogP contribution in [0.4, 0.5) is 4.79 Å². The van der Waals surface area contributed by atoms with Crippen LogP contribution in [0.1, 0.15) is 53.6 Å². The van der Waals surface area contributed by atoms with Gasteiger partial charge >= 0.3 is 12.1 Å². The molecule has 182 valence electrons. The topological polar surface area (TPSA) is 122 Å². The van der Waals surface area contributed by atoms with E-state index in [1.807, 2.05) is 43.3 Å². The summed E-state index contributed by atoms with van der Waals surface area (Å²) >= 11 is 0. The lowest BCUT2D eigenvalue weighted by molar-refractivity contribution is -0.138. The fraction of sp³-hybridized carbons (Fsp3) is 0.308. The number of nitrogens with zero attached hydrogens (tertiary/aromatic N) is 2. The van der Waals surface area contributed by atoms with Crippen LogP contribution in [0.3, 0.4) is 0 Å². The molecule has 35 heavy (non-hydrogen) atoms. The summed E-state index contributed by atoms with van der Waals surface area (Å²) in [6.07, 6.45) is 1.01. The zero-order valence-electron chi connectivity index (χ0n) is 19.6. The van der Waals surface area contributed by atoms with Gasteiger partial charge in [0, 0.05) is 12.0 Å².